The van der Waals surface area contributed by atoms with Gasteiger partial charge in [0.25, 0.3) is 0 Å². The smallest absolute Gasteiger partial charge is 0.0784 e. The Kier molecular flexibility index (Phi) is 2.86. The second kappa shape index (κ2) is 3.95. The van der Waals surface area contributed by atoms with Gasteiger partial charge >= 0.3 is 0 Å². The fourth-order valence-electron chi connectivity index (χ4n) is 2.25. The number of aliphatic hydroxyl groups is 1. The van der Waals surface area contributed by atoms with E-state index < -0.39 is 5.60 Å². The Morgan fingerprint density at radius 3 is 3.08 bits per heavy atom. The summed E-state index contributed by atoms with van der Waals surface area (Å²) in [5.74, 6) is 0. The zero-order valence-corrected chi connectivity index (χ0v) is 8.09. The Balaban J connectivity index is 1.71. The van der Waals surface area contributed by atoms with Crippen molar-refractivity contribution in [3.8, 4) is 0 Å². The summed E-state index contributed by atoms with van der Waals surface area (Å²) < 4.78 is 5.53. The molecule has 0 radical (unpaired) electrons. The maximum Gasteiger partial charge on any atom is 0.0784 e. The van der Waals surface area contributed by atoms with Gasteiger partial charge in [0, 0.05) is 13.2 Å². The van der Waals surface area contributed by atoms with Crippen molar-refractivity contribution in [2.24, 2.45) is 0 Å². The van der Waals surface area contributed by atoms with E-state index in [1.165, 1.54) is 12.8 Å². The molecule has 0 aromatic carbocycles. The summed E-state index contributed by atoms with van der Waals surface area (Å²) in [6.45, 7) is 2.64. The van der Waals surface area contributed by atoms with E-state index in [1.54, 1.807) is 0 Å². The Morgan fingerprint density at radius 2 is 2.46 bits per heavy atom. The minimum Gasteiger partial charge on any atom is -0.389 e. The summed E-state index contributed by atoms with van der Waals surface area (Å²) in [7, 11) is 0. The minimum absolute atomic E-state index is 0.421. The average Bonchev–Trinajstić information content (AvgIpc) is 2.72. The van der Waals surface area contributed by atoms with Gasteiger partial charge in [0.05, 0.1) is 11.7 Å². The molecule has 0 saturated carbocycles. The fraction of sp³-hybridized carbons (Fsp3) is 1.00. The molecule has 13 heavy (non-hydrogen) atoms. The van der Waals surface area contributed by atoms with E-state index in [0.717, 1.165) is 39.0 Å². The number of rotatable bonds is 3. The summed E-state index contributed by atoms with van der Waals surface area (Å²) in [4.78, 5) is 0. The van der Waals surface area contributed by atoms with Gasteiger partial charge in [0.15, 0.2) is 0 Å². The molecule has 2 atom stereocenters. The summed E-state index contributed by atoms with van der Waals surface area (Å²) >= 11 is 0. The predicted molar refractivity (Wildman–Crippen MR) is 50.6 cm³/mol. The van der Waals surface area contributed by atoms with Crippen LogP contribution in [0.4, 0.5) is 0 Å². The van der Waals surface area contributed by atoms with Gasteiger partial charge in [-0.2, -0.15) is 0 Å². The minimum atomic E-state index is -0.439. The Morgan fingerprint density at radius 1 is 1.54 bits per heavy atom. The molecular weight excluding hydrogens is 166 g/mol. The first-order valence-electron chi connectivity index (χ1n) is 5.33. The van der Waals surface area contributed by atoms with E-state index in [1.807, 2.05) is 0 Å². The first-order valence-corrected chi connectivity index (χ1v) is 5.33. The van der Waals surface area contributed by atoms with Crippen LogP contribution in [0.25, 0.3) is 0 Å². The lowest BCUT2D eigenvalue weighted by atomic mass is 9.94. The van der Waals surface area contributed by atoms with E-state index in [2.05, 4.69) is 5.32 Å². The number of ether oxygens (including phenoxy) is 1. The molecule has 2 fully saturated rings. The zero-order chi connectivity index (χ0) is 9.15. The molecule has 0 bridgehead atoms. The number of nitrogens with one attached hydrogen (secondary N) is 1. The number of β-amino-alcohol motifs (C(OH)–C–C–N with tert-alkyl or cyclic N) is 1. The van der Waals surface area contributed by atoms with Gasteiger partial charge in [-0.05, 0) is 38.6 Å². The van der Waals surface area contributed by atoms with Crippen molar-refractivity contribution in [3.05, 3.63) is 0 Å². The van der Waals surface area contributed by atoms with Gasteiger partial charge < -0.3 is 15.2 Å². The van der Waals surface area contributed by atoms with Crippen molar-refractivity contribution in [1.82, 2.24) is 5.32 Å². The van der Waals surface area contributed by atoms with Gasteiger partial charge in [-0.25, -0.2) is 0 Å². The molecule has 0 aromatic rings. The molecule has 2 heterocycles. The lowest BCUT2D eigenvalue weighted by Gasteiger charge is -2.22. The molecule has 3 nitrogen and oxygen atoms in total. The normalized spacial score (nSPS) is 39.9. The van der Waals surface area contributed by atoms with Crippen LogP contribution < -0.4 is 5.32 Å². The molecule has 0 amide bonds. The maximum atomic E-state index is 10.0. The van der Waals surface area contributed by atoms with E-state index in [4.69, 9.17) is 4.74 Å². The lowest BCUT2D eigenvalue weighted by molar-refractivity contribution is 0.0263. The van der Waals surface area contributed by atoms with Gasteiger partial charge in [-0.3, -0.25) is 0 Å². The summed E-state index contributed by atoms with van der Waals surface area (Å²) in [5, 5.41) is 13.2. The van der Waals surface area contributed by atoms with Gasteiger partial charge in [-0.1, -0.05) is 0 Å². The summed E-state index contributed by atoms with van der Waals surface area (Å²) in [6, 6.07) is 0. The third kappa shape index (κ3) is 2.42. The van der Waals surface area contributed by atoms with Gasteiger partial charge in [-0.15, -0.1) is 0 Å². The molecule has 3 heteroatoms. The van der Waals surface area contributed by atoms with Crippen LogP contribution in [0.1, 0.15) is 32.1 Å². The first kappa shape index (κ1) is 9.44. The average molecular weight is 185 g/mol. The highest BCUT2D eigenvalue weighted by Gasteiger charge is 2.31. The van der Waals surface area contributed by atoms with Crippen molar-refractivity contribution in [3.63, 3.8) is 0 Å². The van der Waals surface area contributed by atoms with Crippen molar-refractivity contribution >= 4 is 0 Å². The summed E-state index contributed by atoms with van der Waals surface area (Å²) in [6.07, 6.45) is 5.62. The Labute approximate surface area is 79.5 Å². The quantitative estimate of drug-likeness (QED) is 0.679. The Bertz CT molecular complexity index is 160. The molecule has 2 unspecified atom stereocenters. The molecule has 2 saturated heterocycles. The highest BCUT2D eigenvalue weighted by molar-refractivity contribution is 4.88. The van der Waals surface area contributed by atoms with E-state index in [-0.39, 0.29) is 0 Å². The molecule has 2 aliphatic heterocycles. The largest absolute Gasteiger partial charge is 0.389 e. The summed E-state index contributed by atoms with van der Waals surface area (Å²) in [5.41, 5.74) is -0.439. The van der Waals surface area contributed by atoms with E-state index >= 15 is 0 Å². The second-order valence-corrected chi connectivity index (χ2v) is 4.32. The molecule has 0 aromatic heterocycles. The fourth-order valence-corrected chi connectivity index (χ4v) is 2.25. The van der Waals surface area contributed by atoms with Crippen LogP contribution in [-0.4, -0.2) is 36.5 Å². The second-order valence-electron chi connectivity index (χ2n) is 4.32. The van der Waals surface area contributed by atoms with Crippen LogP contribution in [0.15, 0.2) is 0 Å². The van der Waals surface area contributed by atoms with E-state index in [0.29, 0.717) is 6.10 Å². The van der Waals surface area contributed by atoms with Crippen molar-refractivity contribution in [2.45, 2.75) is 43.8 Å². The topological polar surface area (TPSA) is 41.5 Å². The van der Waals surface area contributed by atoms with Crippen LogP contribution >= 0.6 is 0 Å². The SMILES string of the molecule is OC1(CCC2CCCO2)CCNC1. The van der Waals surface area contributed by atoms with Crippen molar-refractivity contribution in [1.29, 1.82) is 0 Å². The first-order chi connectivity index (χ1) is 6.29. The number of hydrogen-bond acceptors (Lipinski definition) is 3. The monoisotopic (exact) mass is 185 g/mol. The van der Waals surface area contributed by atoms with Gasteiger partial charge in [0.1, 0.15) is 0 Å². The maximum absolute atomic E-state index is 10.0. The number of hydrogen-bond donors (Lipinski definition) is 2. The molecular formula is C10H19NO2. The third-order valence-corrected chi connectivity index (χ3v) is 3.18. The van der Waals surface area contributed by atoms with Crippen molar-refractivity contribution < 1.29 is 9.84 Å². The van der Waals surface area contributed by atoms with E-state index in [9.17, 15) is 5.11 Å². The van der Waals surface area contributed by atoms with Crippen LogP contribution in [0.2, 0.25) is 0 Å². The standard InChI is InChI=1S/C10H19NO2/c12-10(5-6-11-8-10)4-3-9-2-1-7-13-9/h9,11-12H,1-8H2. The molecule has 2 N–H and O–H groups in total. The third-order valence-electron chi connectivity index (χ3n) is 3.18. The molecule has 76 valence electrons. The lowest BCUT2D eigenvalue weighted by Crippen LogP contribution is -2.32. The van der Waals surface area contributed by atoms with Crippen molar-refractivity contribution in [2.75, 3.05) is 19.7 Å². The zero-order valence-electron chi connectivity index (χ0n) is 8.09. The molecule has 0 aliphatic carbocycles. The van der Waals surface area contributed by atoms with Crippen LogP contribution in [0.5, 0.6) is 0 Å². The predicted octanol–water partition coefficient (Wildman–Crippen LogP) is 0.670. The highest BCUT2D eigenvalue weighted by atomic mass is 16.5. The molecule has 0 spiro atoms. The molecule has 2 aliphatic rings. The Hall–Kier alpha value is -0.120. The van der Waals surface area contributed by atoms with Gasteiger partial charge in [0.2, 0.25) is 0 Å². The van der Waals surface area contributed by atoms with Crippen LogP contribution in [0, 0.1) is 0 Å². The van der Waals surface area contributed by atoms with Crippen LogP contribution in [-0.2, 0) is 4.74 Å². The highest BCUT2D eigenvalue weighted by Crippen LogP contribution is 2.25. The molecule has 2 rings (SSSR count). The van der Waals surface area contributed by atoms with Crippen LogP contribution in [0.3, 0.4) is 0 Å².